The molecule has 0 radical (unpaired) electrons. The zero-order valence-corrected chi connectivity index (χ0v) is 8.92. The van der Waals surface area contributed by atoms with Crippen molar-refractivity contribution in [1.29, 1.82) is 5.26 Å². The molecule has 0 amide bonds. The second kappa shape index (κ2) is 3.90. The van der Waals surface area contributed by atoms with Crippen LogP contribution < -0.4 is 5.56 Å². The minimum absolute atomic E-state index is 0.124. The van der Waals surface area contributed by atoms with Gasteiger partial charge in [0, 0.05) is 12.7 Å². The molecule has 0 N–H and O–H groups in total. The van der Waals surface area contributed by atoms with Crippen LogP contribution in [0.15, 0.2) is 11.0 Å². The highest BCUT2D eigenvalue weighted by Crippen LogP contribution is 2.21. The Morgan fingerprint density at radius 3 is 2.87 bits per heavy atom. The molecule has 0 aliphatic heterocycles. The van der Waals surface area contributed by atoms with Gasteiger partial charge >= 0.3 is 0 Å². The zero-order chi connectivity index (χ0) is 10.8. The van der Waals surface area contributed by atoms with Crippen molar-refractivity contribution in [2.45, 2.75) is 39.2 Å². The molecular weight excluding hydrogens is 188 g/mol. The van der Waals surface area contributed by atoms with Crippen LogP contribution in [0.3, 0.4) is 0 Å². The van der Waals surface area contributed by atoms with E-state index in [2.05, 4.69) is 6.07 Å². The summed E-state index contributed by atoms with van der Waals surface area (Å²) >= 11 is 0. The number of aromatic nitrogens is 1. The molecule has 1 aromatic rings. The molecule has 3 heteroatoms. The molecule has 0 atom stereocenters. The Balaban J connectivity index is 2.70. The van der Waals surface area contributed by atoms with Crippen LogP contribution >= 0.6 is 0 Å². The molecule has 78 valence electrons. The first-order valence-corrected chi connectivity index (χ1v) is 5.43. The molecular formula is C12H14N2O. The fraction of sp³-hybridized carbons (Fsp3) is 0.500. The molecule has 0 unspecified atom stereocenters. The fourth-order valence-electron chi connectivity index (χ4n) is 2.23. The SMILES string of the molecule is CCn1cc2c(c(C#N)c1=O)CCCC2. The largest absolute Gasteiger partial charge is 0.314 e. The summed E-state index contributed by atoms with van der Waals surface area (Å²) in [6.45, 7) is 2.57. The predicted molar refractivity (Wildman–Crippen MR) is 57.7 cm³/mol. The van der Waals surface area contributed by atoms with E-state index >= 15 is 0 Å². The third kappa shape index (κ3) is 1.56. The van der Waals surface area contributed by atoms with Crippen molar-refractivity contribution in [3.8, 4) is 6.07 Å². The average molecular weight is 202 g/mol. The Labute approximate surface area is 89.0 Å². The molecule has 3 nitrogen and oxygen atoms in total. The van der Waals surface area contributed by atoms with Gasteiger partial charge in [-0.25, -0.2) is 0 Å². The van der Waals surface area contributed by atoms with E-state index in [1.807, 2.05) is 13.1 Å². The van der Waals surface area contributed by atoms with Crippen molar-refractivity contribution in [3.05, 3.63) is 33.2 Å². The van der Waals surface area contributed by atoms with Gasteiger partial charge in [0.05, 0.1) is 0 Å². The number of fused-ring (bicyclic) bond motifs is 1. The number of aryl methyl sites for hydroxylation is 2. The van der Waals surface area contributed by atoms with Crippen LogP contribution in [0, 0.1) is 11.3 Å². The van der Waals surface area contributed by atoms with Gasteiger partial charge in [-0.2, -0.15) is 5.26 Å². The lowest BCUT2D eigenvalue weighted by molar-refractivity contribution is 0.647. The second-order valence-electron chi connectivity index (χ2n) is 3.92. The molecule has 0 fully saturated rings. The summed E-state index contributed by atoms with van der Waals surface area (Å²) in [5.41, 5.74) is 2.44. The van der Waals surface area contributed by atoms with E-state index in [4.69, 9.17) is 5.26 Å². The number of hydrogen-bond donors (Lipinski definition) is 0. The van der Waals surface area contributed by atoms with E-state index in [-0.39, 0.29) is 5.56 Å². The third-order valence-corrected chi connectivity index (χ3v) is 3.05. The smallest absolute Gasteiger partial charge is 0.268 e. The lowest BCUT2D eigenvalue weighted by Gasteiger charge is -2.18. The molecule has 0 saturated carbocycles. The number of pyridine rings is 1. The molecule has 15 heavy (non-hydrogen) atoms. The van der Waals surface area contributed by atoms with Crippen molar-refractivity contribution in [2.75, 3.05) is 0 Å². The van der Waals surface area contributed by atoms with E-state index in [0.29, 0.717) is 12.1 Å². The topological polar surface area (TPSA) is 45.8 Å². The molecule has 1 aliphatic rings. The van der Waals surface area contributed by atoms with E-state index in [9.17, 15) is 4.79 Å². The first kappa shape index (κ1) is 9.97. The first-order chi connectivity index (χ1) is 7.27. The predicted octanol–water partition coefficient (Wildman–Crippen LogP) is 1.62. The van der Waals surface area contributed by atoms with Gasteiger partial charge in [-0.15, -0.1) is 0 Å². The highest BCUT2D eigenvalue weighted by Gasteiger charge is 2.17. The molecule has 0 aromatic carbocycles. The fourth-order valence-corrected chi connectivity index (χ4v) is 2.23. The van der Waals surface area contributed by atoms with Gasteiger partial charge < -0.3 is 4.57 Å². The zero-order valence-electron chi connectivity index (χ0n) is 8.92. The van der Waals surface area contributed by atoms with Crippen LogP contribution in [0.1, 0.15) is 36.5 Å². The Morgan fingerprint density at radius 1 is 1.47 bits per heavy atom. The highest BCUT2D eigenvalue weighted by molar-refractivity contribution is 5.41. The third-order valence-electron chi connectivity index (χ3n) is 3.05. The summed E-state index contributed by atoms with van der Waals surface area (Å²) in [7, 11) is 0. The van der Waals surface area contributed by atoms with Gasteiger partial charge in [-0.1, -0.05) is 0 Å². The lowest BCUT2D eigenvalue weighted by Crippen LogP contribution is -2.26. The van der Waals surface area contributed by atoms with Gasteiger partial charge in [0.1, 0.15) is 11.6 Å². The monoisotopic (exact) mass is 202 g/mol. The van der Waals surface area contributed by atoms with Crippen molar-refractivity contribution in [1.82, 2.24) is 4.57 Å². The second-order valence-corrected chi connectivity index (χ2v) is 3.92. The number of rotatable bonds is 1. The van der Waals surface area contributed by atoms with Crippen LogP contribution in [0.5, 0.6) is 0 Å². The minimum atomic E-state index is -0.124. The summed E-state index contributed by atoms with van der Waals surface area (Å²) in [6, 6.07) is 2.06. The van der Waals surface area contributed by atoms with Gasteiger partial charge in [0.2, 0.25) is 0 Å². The minimum Gasteiger partial charge on any atom is -0.314 e. The van der Waals surface area contributed by atoms with Crippen LogP contribution in [0.25, 0.3) is 0 Å². The Morgan fingerprint density at radius 2 is 2.20 bits per heavy atom. The number of nitrogens with zero attached hydrogens (tertiary/aromatic N) is 2. The molecule has 0 bridgehead atoms. The van der Waals surface area contributed by atoms with Crippen molar-refractivity contribution in [2.24, 2.45) is 0 Å². The van der Waals surface area contributed by atoms with Crippen molar-refractivity contribution in [3.63, 3.8) is 0 Å². The van der Waals surface area contributed by atoms with Gasteiger partial charge in [0.15, 0.2) is 0 Å². The van der Waals surface area contributed by atoms with Crippen LogP contribution in [-0.4, -0.2) is 4.57 Å². The van der Waals surface area contributed by atoms with Crippen molar-refractivity contribution >= 4 is 0 Å². The van der Waals surface area contributed by atoms with E-state index in [1.165, 1.54) is 12.0 Å². The lowest BCUT2D eigenvalue weighted by atomic mass is 9.90. The van der Waals surface area contributed by atoms with E-state index < -0.39 is 0 Å². The van der Waals surface area contributed by atoms with Crippen LogP contribution in [0.4, 0.5) is 0 Å². The molecule has 1 aliphatic carbocycles. The number of nitriles is 1. The summed E-state index contributed by atoms with van der Waals surface area (Å²) < 4.78 is 1.64. The van der Waals surface area contributed by atoms with Crippen molar-refractivity contribution < 1.29 is 0 Å². The van der Waals surface area contributed by atoms with Crippen LogP contribution in [-0.2, 0) is 19.4 Å². The molecule has 2 rings (SSSR count). The molecule has 0 saturated heterocycles. The van der Waals surface area contributed by atoms with Gasteiger partial charge in [0.25, 0.3) is 5.56 Å². The molecule has 1 heterocycles. The maximum absolute atomic E-state index is 11.8. The van der Waals surface area contributed by atoms with Crippen LogP contribution in [0.2, 0.25) is 0 Å². The maximum atomic E-state index is 11.8. The Bertz CT molecular complexity index is 480. The Kier molecular flexibility index (Phi) is 2.59. The quantitative estimate of drug-likeness (QED) is 0.694. The summed E-state index contributed by atoms with van der Waals surface area (Å²) in [6.07, 6.45) is 6.08. The summed E-state index contributed by atoms with van der Waals surface area (Å²) in [5, 5.41) is 9.03. The van der Waals surface area contributed by atoms with E-state index in [1.54, 1.807) is 4.57 Å². The standard InChI is InChI=1S/C12H14N2O/c1-2-14-8-9-5-3-4-6-10(9)11(7-13)12(14)15/h8H,2-6H2,1H3. The van der Waals surface area contributed by atoms with Gasteiger partial charge in [-0.05, 0) is 43.7 Å². The average Bonchev–Trinajstić information content (AvgIpc) is 2.28. The Hall–Kier alpha value is -1.56. The first-order valence-electron chi connectivity index (χ1n) is 5.43. The molecule has 1 aromatic heterocycles. The van der Waals surface area contributed by atoms with E-state index in [0.717, 1.165) is 24.8 Å². The summed E-state index contributed by atoms with van der Waals surface area (Å²) in [4.78, 5) is 11.8. The normalized spacial score (nSPS) is 14.4. The van der Waals surface area contributed by atoms with Gasteiger partial charge in [-0.3, -0.25) is 4.79 Å². The maximum Gasteiger partial charge on any atom is 0.268 e. The number of hydrogen-bond acceptors (Lipinski definition) is 2. The summed E-state index contributed by atoms with van der Waals surface area (Å²) in [5.74, 6) is 0. The highest BCUT2D eigenvalue weighted by atomic mass is 16.1. The molecule has 0 spiro atoms.